The van der Waals surface area contributed by atoms with Crippen molar-refractivity contribution >= 4 is 22.4 Å². The van der Waals surface area contributed by atoms with E-state index in [2.05, 4.69) is 41.0 Å². The molecule has 2 rings (SSSR count). The van der Waals surface area contributed by atoms with Crippen molar-refractivity contribution in [3.05, 3.63) is 22.2 Å². The van der Waals surface area contributed by atoms with Crippen LogP contribution in [0.1, 0.15) is 27.2 Å². The lowest BCUT2D eigenvalue weighted by Crippen LogP contribution is -2.22. The molecule has 0 aliphatic rings. The summed E-state index contributed by atoms with van der Waals surface area (Å²) < 4.78 is 4.61. The third-order valence-electron chi connectivity index (χ3n) is 3.31. The number of rotatable bonds is 5. The van der Waals surface area contributed by atoms with Crippen LogP contribution in [0.5, 0.6) is 0 Å². The Morgan fingerprint density at radius 1 is 1.37 bits per heavy atom. The van der Waals surface area contributed by atoms with Gasteiger partial charge in [-0.1, -0.05) is 20.8 Å². The quantitative estimate of drug-likeness (QED) is 0.659. The summed E-state index contributed by atoms with van der Waals surface area (Å²) in [7, 11) is 0. The molecular weight excluding hydrogens is 248 g/mol. The molecule has 0 aliphatic heterocycles. The van der Waals surface area contributed by atoms with Gasteiger partial charge in [0.25, 0.3) is 0 Å². The Bertz CT molecular complexity index is 606. The molecule has 1 aromatic heterocycles. The molecule has 1 aromatic carbocycles. The second kappa shape index (κ2) is 4.83. The van der Waals surface area contributed by atoms with Crippen LogP contribution in [-0.4, -0.2) is 21.8 Å². The van der Waals surface area contributed by atoms with Gasteiger partial charge >= 0.3 is 5.69 Å². The number of benzene rings is 1. The molecule has 0 amide bonds. The molecule has 7 heteroatoms. The van der Waals surface area contributed by atoms with Crippen LogP contribution >= 0.6 is 0 Å². The van der Waals surface area contributed by atoms with Crippen molar-refractivity contribution in [2.75, 3.05) is 11.9 Å². The Morgan fingerprint density at radius 2 is 2.05 bits per heavy atom. The molecule has 0 saturated heterocycles. The van der Waals surface area contributed by atoms with E-state index < -0.39 is 4.92 Å². The minimum Gasteiger partial charge on any atom is -0.383 e. The molecule has 0 bridgehead atoms. The highest BCUT2D eigenvalue weighted by Gasteiger charge is 2.21. The van der Waals surface area contributed by atoms with E-state index in [1.807, 2.05) is 0 Å². The Labute approximate surface area is 110 Å². The Morgan fingerprint density at radius 3 is 2.68 bits per heavy atom. The minimum atomic E-state index is -0.494. The highest BCUT2D eigenvalue weighted by Crippen LogP contribution is 2.29. The fourth-order valence-corrected chi connectivity index (χ4v) is 1.60. The van der Waals surface area contributed by atoms with Crippen molar-refractivity contribution in [2.45, 2.75) is 27.2 Å². The van der Waals surface area contributed by atoms with E-state index in [0.717, 1.165) is 13.0 Å². The summed E-state index contributed by atoms with van der Waals surface area (Å²) in [5.41, 5.74) is 1.29. The zero-order valence-electron chi connectivity index (χ0n) is 11.1. The van der Waals surface area contributed by atoms with Crippen LogP contribution in [0.25, 0.3) is 11.0 Å². The maximum absolute atomic E-state index is 10.9. The molecule has 0 spiro atoms. The summed E-state index contributed by atoms with van der Waals surface area (Å²) in [4.78, 5) is 10.4. The average molecular weight is 264 g/mol. The number of anilines is 1. The van der Waals surface area contributed by atoms with Gasteiger partial charge in [-0.2, -0.15) is 0 Å². The molecule has 0 fully saturated rings. The first-order valence-electron chi connectivity index (χ1n) is 6.08. The van der Waals surface area contributed by atoms with Crippen LogP contribution in [0.3, 0.4) is 0 Å². The molecule has 0 radical (unpaired) electrons. The van der Waals surface area contributed by atoms with E-state index in [1.165, 1.54) is 6.07 Å². The fraction of sp³-hybridized carbons (Fsp3) is 0.500. The van der Waals surface area contributed by atoms with Gasteiger partial charge in [0.2, 0.25) is 5.52 Å². The Hall–Kier alpha value is -2.18. The maximum atomic E-state index is 10.9. The third kappa shape index (κ3) is 2.64. The topological polar surface area (TPSA) is 94.1 Å². The first-order chi connectivity index (χ1) is 8.94. The fourth-order valence-electron chi connectivity index (χ4n) is 1.60. The van der Waals surface area contributed by atoms with Crippen molar-refractivity contribution in [2.24, 2.45) is 5.41 Å². The van der Waals surface area contributed by atoms with Gasteiger partial charge in [-0.05, 0) is 28.2 Å². The predicted octanol–water partition coefficient (Wildman–Crippen LogP) is 2.98. The molecule has 19 heavy (non-hydrogen) atoms. The van der Waals surface area contributed by atoms with Gasteiger partial charge in [0.05, 0.1) is 10.6 Å². The van der Waals surface area contributed by atoms with E-state index in [0.29, 0.717) is 11.2 Å². The number of aromatic nitrogens is 2. The number of non-ortho nitro benzene ring substituents is 1. The smallest absolute Gasteiger partial charge is 0.300 e. The summed E-state index contributed by atoms with van der Waals surface area (Å²) in [6.45, 7) is 7.14. The van der Waals surface area contributed by atoms with Gasteiger partial charge in [0, 0.05) is 12.6 Å². The van der Waals surface area contributed by atoms with Crippen LogP contribution in [0.4, 0.5) is 11.4 Å². The van der Waals surface area contributed by atoms with Crippen LogP contribution in [0.15, 0.2) is 16.8 Å². The Balaban J connectivity index is 2.33. The number of hydrogen-bond acceptors (Lipinski definition) is 6. The first-order valence-corrected chi connectivity index (χ1v) is 6.08. The van der Waals surface area contributed by atoms with Crippen LogP contribution in [-0.2, 0) is 0 Å². The molecule has 0 aliphatic carbocycles. The van der Waals surface area contributed by atoms with Gasteiger partial charge in [-0.15, -0.1) is 0 Å². The zero-order valence-corrected chi connectivity index (χ0v) is 11.1. The van der Waals surface area contributed by atoms with E-state index in [4.69, 9.17) is 0 Å². The van der Waals surface area contributed by atoms with Crippen molar-refractivity contribution in [3.63, 3.8) is 0 Å². The lowest BCUT2D eigenvalue weighted by atomic mass is 9.90. The van der Waals surface area contributed by atoms with Crippen molar-refractivity contribution < 1.29 is 9.55 Å². The third-order valence-corrected chi connectivity index (χ3v) is 3.31. The number of fused-ring (bicyclic) bond motifs is 1. The van der Waals surface area contributed by atoms with Crippen LogP contribution in [0, 0.1) is 15.5 Å². The number of nitro groups is 1. The summed E-state index contributed by atoms with van der Waals surface area (Å²) >= 11 is 0. The van der Waals surface area contributed by atoms with Gasteiger partial charge < -0.3 is 5.32 Å². The second-order valence-electron chi connectivity index (χ2n) is 5.22. The van der Waals surface area contributed by atoms with Gasteiger partial charge in [0.1, 0.15) is 0 Å². The number of nitro benzene ring substituents is 1. The SMILES string of the molecule is CCC(C)(C)CNc1ccc([N+](=O)[O-])c2nonc12. The second-order valence-corrected chi connectivity index (χ2v) is 5.22. The number of hydrogen-bond donors (Lipinski definition) is 1. The summed E-state index contributed by atoms with van der Waals surface area (Å²) in [5.74, 6) is 0. The summed E-state index contributed by atoms with van der Waals surface area (Å²) in [6, 6.07) is 3.05. The molecular formula is C12H16N4O3. The molecule has 7 nitrogen and oxygen atoms in total. The minimum absolute atomic E-state index is 0.100. The number of nitrogens with one attached hydrogen (secondary N) is 1. The normalized spacial score (nSPS) is 11.7. The van der Waals surface area contributed by atoms with E-state index in [1.54, 1.807) is 6.07 Å². The van der Waals surface area contributed by atoms with E-state index >= 15 is 0 Å². The maximum Gasteiger partial charge on any atom is 0.300 e. The molecule has 2 aromatic rings. The van der Waals surface area contributed by atoms with Gasteiger partial charge in [0.15, 0.2) is 5.52 Å². The van der Waals surface area contributed by atoms with E-state index in [-0.39, 0.29) is 16.6 Å². The zero-order chi connectivity index (χ0) is 14.0. The number of nitrogens with zero attached hydrogens (tertiary/aromatic N) is 3. The van der Waals surface area contributed by atoms with Gasteiger partial charge in [-0.3, -0.25) is 10.1 Å². The standard InChI is InChI=1S/C12H16N4O3/c1-4-12(2,3)7-13-8-5-6-9(16(17)18)11-10(8)14-19-15-11/h5-6,13H,4,7H2,1-3H3. The van der Waals surface area contributed by atoms with Crippen LogP contribution < -0.4 is 5.32 Å². The van der Waals surface area contributed by atoms with Crippen LogP contribution in [0.2, 0.25) is 0 Å². The van der Waals surface area contributed by atoms with Crippen molar-refractivity contribution in [1.82, 2.24) is 10.3 Å². The average Bonchev–Trinajstić information content (AvgIpc) is 2.84. The monoisotopic (exact) mass is 264 g/mol. The first kappa shape index (κ1) is 13.3. The molecule has 102 valence electrons. The molecule has 1 N–H and O–H groups in total. The summed E-state index contributed by atoms with van der Waals surface area (Å²) in [5, 5.41) is 21.4. The molecule has 0 saturated carbocycles. The molecule has 0 unspecified atom stereocenters. The lowest BCUT2D eigenvalue weighted by molar-refractivity contribution is -0.383. The highest BCUT2D eigenvalue weighted by atomic mass is 16.6. The predicted molar refractivity (Wildman–Crippen MR) is 71.0 cm³/mol. The van der Waals surface area contributed by atoms with E-state index in [9.17, 15) is 10.1 Å². The lowest BCUT2D eigenvalue weighted by Gasteiger charge is -2.23. The highest BCUT2D eigenvalue weighted by molar-refractivity contribution is 5.93. The van der Waals surface area contributed by atoms with Gasteiger partial charge in [-0.25, -0.2) is 4.63 Å². The molecule has 0 atom stereocenters. The Kier molecular flexibility index (Phi) is 3.37. The van der Waals surface area contributed by atoms with Crippen molar-refractivity contribution in [1.29, 1.82) is 0 Å². The van der Waals surface area contributed by atoms with Crippen molar-refractivity contribution in [3.8, 4) is 0 Å². The summed E-state index contributed by atoms with van der Waals surface area (Å²) in [6.07, 6.45) is 1.02. The largest absolute Gasteiger partial charge is 0.383 e. The molecule has 1 heterocycles.